The first-order valence-electron chi connectivity index (χ1n) is 19.2. The molecular formula is C50H70S. The Morgan fingerprint density at radius 2 is 1.43 bits per heavy atom. The van der Waals surface area contributed by atoms with Gasteiger partial charge >= 0.3 is 0 Å². The molecule has 0 saturated heterocycles. The Morgan fingerprint density at radius 3 is 1.98 bits per heavy atom. The number of hydrogen-bond donors (Lipinski definition) is 0. The molecule has 2 atom stereocenters. The minimum atomic E-state index is -0.238. The van der Waals surface area contributed by atoms with Crippen molar-refractivity contribution in [2.45, 2.75) is 136 Å². The number of benzene rings is 3. The Hall–Kier alpha value is -3.29. The predicted octanol–water partition coefficient (Wildman–Crippen LogP) is 15.5. The van der Waals surface area contributed by atoms with Crippen LogP contribution in [0.3, 0.4) is 0 Å². The Morgan fingerprint density at radius 1 is 0.804 bits per heavy atom. The second kappa shape index (κ2) is 21.3. The number of rotatable bonds is 17. The molecule has 0 aliphatic rings. The van der Waals surface area contributed by atoms with Crippen molar-refractivity contribution in [3.8, 4) is 0 Å². The van der Waals surface area contributed by atoms with E-state index in [9.17, 15) is 0 Å². The van der Waals surface area contributed by atoms with Crippen LogP contribution in [0.5, 0.6) is 0 Å². The van der Waals surface area contributed by atoms with Crippen LogP contribution < -0.4 is 0 Å². The fourth-order valence-corrected chi connectivity index (χ4v) is 7.58. The van der Waals surface area contributed by atoms with Gasteiger partial charge < -0.3 is 0 Å². The van der Waals surface area contributed by atoms with E-state index in [0.717, 1.165) is 32.1 Å². The first-order chi connectivity index (χ1) is 24.0. The summed E-state index contributed by atoms with van der Waals surface area (Å²) < 4.78 is 0.139. The van der Waals surface area contributed by atoms with Crippen LogP contribution in [0.25, 0.3) is 0 Å². The monoisotopic (exact) mass is 703 g/mol. The molecule has 0 spiro atoms. The third-order valence-electron chi connectivity index (χ3n) is 9.41. The first-order valence-corrected chi connectivity index (χ1v) is 20.0. The van der Waals surface area contributed by atoms with E-state index >= 15 is 0 Å². The maximum atomic E-state index is 4.72. The van der Waals surface area contributed by atoms with E-state index in [1.807, 2.05) is 23.9 Å². The third kappa shape index (κ3) is 16.3. The topological polar surface area (TPSA) is 0 Å². The van der Waals surface area contributed by atoms with Crippen LogP contribution in [0.15, 0.2) is 145 Å². The van der Waals surface area contributed by atoms with Crippen molar-refractivity contribution in [2.24, 2.45) is 11.3 Å². The number of hydrogen-bond acceptors (Lipinski definition) is 1. The molecule has 51 heavy (non-hydrogen) atoms. The van der Waals surface area contributed by atoms with E-state index in [1.165, 1.54) is 63.1 Å². The van der Waals surface area contributed by atoms with E-state index in [0.29, 0.717) is 5.92 Å². The van der Waals surface area contributed by atoms with Gasteiger partial charge in [0.25, 0.3) is 0 Å². The van der Waals surface area contributed by atoms with Gasteiger partial charge in [0.2, 0.25) is 0 Å². The highest BCUT2D eigenvalue weighted by Crippen LogP contribution is 2.46. The molecule has 0 radical (unpaired) electrons. The fraction of sp³-hybridized carbons (Fsp3) is 0.440. The summed E-state index contributed by atoms with van der Waals surface area (Å²) in [5, 5.41) is 0. The molecule has 0 nitrogen and oxygen atoms in total. The molecular weight excluding hydrogens is 633 g/mol. The van der Waals surface area contributed by atoms with Crippen molar-refractivity contribution in [3.63, 3.8) is 0 Å². The maximum Gasteiger partial charge on any atom is 0.0280 e. The SMILES string of the molecule is C=C/C=C\C(=C/C)CC(CC(=C)CCCCC(C)C(=C)C)(c1cccc(CC(C)(C)C)c1)c1cccc(SC(C)(C)C)c1.CCc1ccccc1. The van der Waals surface area contributed by atoms with Gasteiger partial charge in [-0.15, -0.1) is 11.8 Å². The molecule has 2 unspecified atom stereocenters. The highest BCUT2D eigenvalue weighted by atomic mass is 32.2. The Balaban J connectivity index is 0.000000986. The molecule has 0 saturated carbocycles. The molecule has 0 bridgehead atoms. The lowest BCUT2D eigenvalue weighted by Gasteiger charge is -2.38. The molecule has 3 aromatic carbocycles. The standard InChI is InChI=1S/C42H60S.C8H10/c1-13-15-22-35(14-2)31-42(29-33(5)20-16-17-21-34(6)32(3)4,37-24-18-23-36(27-37)30-40(7,8)9)38-25-19-26-39(28-38)43-41(10,11)12;1-2-8-6-4-3-5-7-8/h13-15,18-19,22-28,34H,1,3,5,16-17,20-21,29-31H2,2,4,6-12H3;3-7H,2H2,1H3/b22-15-,35-14+;. The normalized spacial score (nSPS) is 14.0. The summed E-state index contributed by atoms with van der Waals surface area (Å²) in [4.78, 5) is 1.32. The van der Waals surface area contributed by atoms with Gasteiger partial charge in [-0.3, -0.25) is 0 Å². The molecule has 3 rings (SSSR count). The quantitative estimate of drug-likeness (QED) is 0.0584. The zero-order valence-corrected chi connectivity index (χ0v) is 34.9. The summed E-state index contributed by atoms with van der Waals surface area (Å²) >= 11 is 1.95. The van der Waals surface area contributed by atoms with Crippen LogP contribution in [0.2, 0.25) is 0 Å². The highest BCUT2D eigenvalue weighted by molar-refractivity contribution is 8.00. The van der Waals surface area contributed by atoms with Gasteiger partial charge in [-0.25, -0.2) is 0 Å². The van der Waals surface area contributed by atoms with Crippen molar-refractivity contribution < 1.29 is 0 Å². The van der Waals surface area contributed by atoms with Gasteiger partial charge in [0, 0.05) is 15.1 Å². The van der Waals surface area contributed by atoms with E-state index < -0.39 is 0 Å². The van der Waals surface area contributed by atoms with Gasteiger partial charge in [-0.1, -0.05) is 189 Å². The molecule has 0 fully saturated rings. The summed E-state index contributed by atoms with van der Waals surface area (Å²) in [5.74, 6) is 0.579. The van der Waals surface area contributed by atoms with Crippen LogP contribution in [0, 0.1) is 11.3 Å². The summed E-state index contributed by atoms with van der Waals surface area (Å²) in [6, 6.07) is 29.2. The van der Waals surface area contributed by atoms with Crippen LogP contribution >= 0.6 is 11.8 Å². The second-order valence-corrected chi connectivity index (χ2v) is 18.6. The number of thioether (sulfide) groups is 1. The van der Waals surface area contributed by atoms with E-state index in [4.69, 9.17) is 6.58 Å². The fourth-order valence-electron chi connectivity index (χ4n) is 6.54. The summed E-state index contributed by atoms with van der Waals surface area (Å²) in [6.07, 6.45) is 17.1. The average Bonchev–Trinajstić information content (AvgIpc) is 3.07. The first kappa shape index (κ1) is 43.9. The van der Waals surface area contributed by atoms with Crippen molar-refractivity contribution >= 4 is 11.8 Å². The Kier molecular flexibility index (Phi) is 18.3. The zero-order chi connectivity index (χ0) is 38.1. The molecule has 0 aromatic heterocycles. The molecule has 0 heterocycles. The lowest BCUT2D eigenvalue weighted by molar-refractivity contribution is 0.410. The molecule has 0 amide bonds. The van der Waals surface area contributed by atoms with Crippen LogP contribution in [0.1, 0.15) is 130 Å². The minimum Gasteiger partial charge on any atom is -0.120 e. The Labute approximate surface area is 319 Å². The predicted molar refractivity (Wildman–Crippen MR) is 232 cm³/mol. The molecule has 0 aliphatic heterocycles. The molecule has 1 heteroatoms. The molecule has 0 aliphatic carbocycles. The molecule has 3 aromatic rings. The second-order valence-electron chi connectivity index (χ2n) is 16.7. The van der Waals surface area contributed by atoms with Crippen molar-refractivity contribution in [2.75, 3.05) is 0 Å². The van der Waals surface area contributed by atoms with Crippen molar-refractivity contribution in [3.05, 3.63) is 162 Å². The lowest BCUT2D eigenvalue weighted by atomic mass is 9.66. The van der Waals surface area contributed by atoms with Crippen LogP contribution in [-0.4, -0.2) is 4.75 Å². The van der Waals surface area contributed by atoms with E-state index in [-0.39, 0.29) is 15.6 Å². The number of unbranched alkanes of at least 4 members (excludes halogenated alkanes) is 1. The zero-order valence-electron chi connectivity index (χ0n) is 34.1. The van der Waals surface area contributed by atoms with Gasteiger partial charge in [-0.2, -0.15) is 0 Å². The summed E-state index contributed by atoms with van der Waals surface area (Å²) in [5.41, 5.74) is 9.49. The van der Waals surface area contributed by atoms with E-state index in [2.05, 4.69) is 173 Å². The molecule has 276 valence electrons. The Bertz CT molecular complexity index is 1510. The largest absolute Gasteiger partial charge is 0.120 e. The van der Waals surface area contributed by atoms with Gasteiger partial charge in [0.1, 0.15) is 0 Å². The van der Waals surface area contributed by atoms with Crippen LogP contribution in [0.4, 0.5) is 0 Å². The minimum absolute atomic E-state index is 0.139. The summed E-state index contributed by atoms with van der Waals surface area (Å²) in [7, 11) is 0. The highest BCUT2D eigenvalue weighted by Gasteiger charge is 2.36. The van der Waals surface area contributed by atoms with Crippen LogP contribution in [-0.2, 0) is 18.3 Å². The van der Waals surface area contributed by atoms with Gasteiger partial charge in [0.15, 0.2) is 0 Å². The van der Waals surface area contributed by atoms with Gasteiger partial charge in [-0.05, 0) is 105 Å². The molecule has 0 N–H and O–H groups in total. The number of allylic oxidation sites excluding steroid dienone is 7. The summed E-state index contributed by atoms with van der Waals surface area (Å²) in [6.45, 7) is 35.5. The maximum absolute atomic E-state index is 4.72. The lowest BCUT2D eigenvalue weighted by Crippen LogP contribution is -2.30. The smallest absolute Gasteiger partial charge is 0.0280 e. The number of aryl methyl sites for hydroxylation is 1. The van der Waals surface area contributed by atoms with Crippen molar-refractivity contribution in [1.82, 2.24) is 0 Å². The third-order valence-corrected chi connectivity index (χ3v) is 10.5. The van der Waals surface area contributed by atoms with E-state index in [1.54, 1.807) is 0 Å². The van der Waals surface area contributed by atoms with Gasteiger partial charge in [0.05, 0.1) is 0 Å². The average molecular weight is 703 g/mol. The van der Waals surface area contributed by atoms with Crippen molar-refractivity contribution in [1.29, 1.82) is 0 Å².